The highest BCUT2D eigenvalue weighted by Crippen LogP contribution is 2.30. The van der Waals surface area contributed by atoms with Gasteiger partial charge >= 0.3 is 5.63 Å². The molecule has 170 valence electrons. The van der Waals surface area contributed by atoms with Gasteiger partial charge in [-0.25, -0.2) is 9.78 Å². The Hall–Kier alpha value is -3.66. The lowest BCUT2D eigenvalue weighted by Crippen LogP contribution is -2.22. The number of fused-ring (bicyclic) bond motifs is 2. The van der Waals surface area contributed by atoms with E-state index in [4.69, 9.17) is 15.1 Å². The number of benzene rings is 3. The number of imidazole rings is 1. The first-order chi connectivity index (χ1) is 16.3. The van der Waals surface area contributed by atoms with Gasteiger partial charge in [-0.1, -0.05) is 29.8 Å². The molecule has 3 aromatic carbocycles. The quantitative estimate of drug-likeness (QED) is 0.224. The average Bonchev–Trinajstić information content (AvgIpc) is 3.11. The number of nitrogens with zero attached hydrogens (tertiary/aromatic N) is 2. The number of rotatable bonds is 5. The summed E-state index contributed by atoms with van der Waals surface area (Å²) >= 11 is 2.28. The van der Waals surface area contributed by atoms with Crippen molar-refractivity contribution < 1.29 is 9.21 Å². The minimum Gasteiger partial charge on any atom is -0.422 e. The van der Waals surface area contributed by atoms with Crippen LogP contribution in [-0.2, 0) is 6.54 Å². The molecule has 0 aliphatic heterocycles. The van der Waals surface area contributed by atoms with Gasteiger partial charge in [-0.15, -0.1) is 0 Å². The minimum atomic E-state index is -0.806. The Balaban J connectivity index is 1.72. The minimum absolute atomic E-state index is 0.136. The van der Waals surface area contributed by atoms with Crippen molar-refractivity contribution in [2.45, 2.75) is 20.4 Å². The van der Waals surface area contributed by atoms with Crippen LogP contribution < -0.4 is 16.7 Å². The molecule has 2 heterocycles. The molecule has 34 heavy (non-hydrogen) atoms. The van der Waals surface area contributed by atoms with Crippen molar-refractivity contribution in [2.24, 2.45) is 5.73 Å². The molecule has 8 heteroatoms. The number of halogens is 1. The molecule has 5 aromatic rings. The molecule has 0 aliphatic carbocycles. The predicted octanol–water partition coefficient (Wildman–Crippen LogP) is 5.25. The van der Waals surface area contributed by atoms with E-state index in [9.17, 15) is 9.59 Å². The van der Waals surface area contributed by atoms with E-state index in [-0.39, 0.29) is 5.56 Å². The van der Waals surface area contributed by atoms with Gasteiger partial charge in [0.05, 0.1) is 17.6 Å². The fourth-order valence-corrected chi connectivity index (χ4v) is 4.41. The van der Waals surface area contributed by atoms with Crippen molar-refractivity contribution >= 4 is 62.1 Å². The first kappa shape index (κ1) is 22.1. The summed E-state index contributed by atoms with van der Waals surface area (Å²) in [6.07, 6.45) is 0. The maximum absolute atomic E-state index is 12.4. The van der Waals surface area contributed by atoms with Gasteiger partial charge in [-0.2, -0.15) is 0 Å². The van der Waals surface area contributed by atoms with Gasteiger partial charge < -0.3 is 20.0 Å². The molecule has 0 fully saturated rings. The van der Waals surface area contributed by atoms with E-state index in [1.807, 2.05) is 41.8 Å². The number of anilines is 2. The molecule has 0 unspecified atom stereocenters. The van der Waals surface area contributed by atoms with E-state index in [1.165, 1.54) is 5.56 Å². The highest BCUT2D eigenvalue weighted by Gasteiger charge is 2.19. The van der Waals surface area contributed by atoms with E-state index in [0.29, 0.717) is 34.5 Å². The second kappa shape index (κ2) is 8.60. The molecular weight excluding hydrogens is 543 g/mol. The van der Waals surface area contributed by atoms with E-state index in [2.05, 4.69) is 52.2 Å². The molecule has 0 aliphatic rings. The molecule has 2 aromatic heterocycles. The number of hydrogen-bond donors (Lipinski definition) is 2. The number of hydrogen-bond acceptors (Lipinski definition) is 5. The van der Waals surface area contributed by atoms with Gasteiger partial charge in [0.25, 0.3) is 5.91 Å². The van der Waals surface area contributed by atoms with Gasteiger partial charge in [0.15, 0.2) is 0 Å². The zero-order chi connectivity index (χ0) is 24.0. The van der Waals surface area contributed by atoms with Crippen LogP contribution in [0, 0.1) is 17.4 Å². The van der Waals surface area contributed by atoms with Crippen molar-refractivity contribution in [1.82, 2.24) is 9.55 Å². The van der Waals surface area contributed by atoms with E-state index in [0.717, 1.165) is 20.3 Å². The zero-order valence-electron chi connectivity index (χ0n) is 18.6. The molecule has 0 atom stereocenters. The molecule has 5 rings (SSSR count). The third kappa shape index (κ3) is 4.05. The Labute approximate surface area is 208 Å². The molecule has 0 spiro atoms. The summed E-state index contributed by atoms with van der Waals surface area (Å²) in [6, 6.07) is 20.0. The number of nitrogens with two attached hydrogens (primary N) is 1. The number of aromatic nitrogens is 2. The van der Waals surface area contributed by atoms with Crippen molar-refractivity contribution in [2.75, 3.05) is 5.32 Å². The Kier molecular flexibility index (Phi) is 5.60. The smallest absolute Gasteiger partial charge is 0.349 e. The fraction of sp³-hybridized carbons (Fsp3) is 0.115. The highest BCUT2D eigenvalue weighted by atomic mass is 127. The fourth-order valence-electron chi connectivity index (χ4n) is 4.05. The van der Waals surface area contributed by atoms with Crippen LogP contribution in [-0.4, -0.2) is 15.5 Å². The van der Waals surface area contributed by atoms with Gasteiger partial charge in [-0.05, 0) is 77.9 Å². The van der Waals surface area contributed by atoms with E-state index in [1.54, 1.807) is 13.0 Å². The number of amides is 1. The molecule has 0 radical (unpaired) electrons. The topological polar surface area (TPSA) is 103 Å². The number of aryl methyl sites for hydroxylation is 2. The second-order valence-electron chi connectivity index (χ2n) is 8.23. The Bertz CT molecular complexity index is 1620. The number of carbonyl (C=O) groups excluding carboxylic acids is 1. The lowest BCUT2D eigenvalue weighted by molar-refractivity contribution is 0.0996. The monoisotopic (exact) mass is 564 g/mol. The van der Waals surface area contributed by atoms with Gasteiger partial charge in [0.1, 0.15) is 11.1 Å². The number of primary amides is 1. The molecule has 0 bridgehead atoms. The van der Waals surface area contributed by atoms with Crippen LogP contribution in [0.5, 0.6) is 0 Å². The largest absolute Gasteiger partial charge is 0.422 e. The Morgan fingerprint density at radius 2 is 1.79 bits per heavy atom. The van der Waals surface area contributed by atoms with Crippen LogP contribution in [0.1, 0.15) is 27.0 Å². The SMILES string of the molecule is Cc1ccc(Nc2nc3cc4c(C)c(C(N)=O)c(=O)oc4cc3n2Cc2ccc(I)cc2)cc1. The molecule has 7 nitrogen and oxygen atoms in total. The van der Waals surface area contributed by atoms with Gasteiger partial charge in [0.2, 0.25) is 5.95 Å². The summed E-state index contributed by atoms with van der Waals surface area (Å²) in [5.74, 6) is -0.151. The third-order valence-electron chi connectivity index (χ3n) is 5.84. The standard InChI is InChI=1S/C26H21IN4O3/c1-14-3-9-18(10-4-14)29-26-30-20-11-19-15(2)23(24(28)32)25(33)34-22(19)12-21(20)31(26)13-16-5-7-17(27)8-6-16/h3-12H,13H2,1-2H3,(H2,28,32)(H,29,30). The van der Waals surface area contributed by atoms with Crippen LogP contribution in [0.25, 0.3) is 22.0 Å². The lowest BCUT2D eigenvalue weighted by atomic mass is 10.1. The van der Waals surface area contributed by atoms with Gasteiger partial charge in [0, 0.05) is 20.7 Å². The number of carbonyl (C=O) groups is 1. The predicted molar refractivity (Wildman–Crippen MR) is 142 cm³/mol. The first-order valence-corrected chi connectivity index (χ1v) is 11.7. The van der Waals surface area contributed by atoms with Crippen LogP contribution in [0.4, 0.5) is 11.6 Å². The molecular formula is C26H21IN4O3. The van der Waals surface area contributed by atoms with E-state index >= 15 is 0 Å². The number of nitrogens with one attached hydrogen (secondary N) is 1. The van der Waals surface area contributed by atoms with Crippen molar-refractivity contribution in [1.29, 1.82) is 0 Å². The molecule has 0 saturated heterocycles. The van der Waals surface area contributed by atoms with Crippen LogP contribution >= 0.6 is 22.6 Å². The summed E-state index contributed by atoms with van der Waals surface area (Å²) in [4.78, 5) is 29.1. The van der Waals surface area contributed by atoms with Crippen LogP contribution in [0.2, 0.25) is 0 Å². The molecule has 3 N–H and O–H groups in total. The third-order valence-corrected chi connectivity index (χ3v) is 6.56. The first-order valence-electron chi connectivity index (χ1n) is 10.7. The highest BCUT2D eigenvalue weighted by molar-refractivity contribution is 14.1. The summed E-state index contributed by atoms with van der Waals surface area (Å²) in [5, 5.41) is 4.04. The van der Waals surface area contributed by atoms with Crippen molar-refractivity contribution in [3.05, 3.63) is 96.9 Å². The normalized spacial score (nSPS) is 11.3. The Morgan fingerprint density at radius 3 is 2.47 bits per heavy atom. The summed E-state index contributed by atoms with van der Waals surface area (Å²) in [5.41, 5.74) is 10.1. The second-order valence-corrected chi connectivity index (χ2v) is 9.48. The maximum atomic E-state index is 12.4. The van der Waals surface area contributed by atoms with Gasteiger partial charge in [-0.3, -0.25) is 4.79 Å². The lowest BCUT2D eigenvalue weighted by Gasteiger charge is -2.12. The average molecular weight is 564 g/mol. The van der Waals surface area contributed by atoms with E-state index < -0.39 is 11.5 Å². The Morgan fingerprint density at radius 1 is 1.09 bits per heavy atom. The summed E-state index contributed by atoms with van der Waals surface area (Å²) < 4.78 is 8.69. The van der Waals surface area contributed by atoms with Crippen LogP contribution in [0.3, 0.4) is 0 Å². The van der Waals surface area contributed by atoms with Crippen molar-refractivity contribution in [3.8, 4) is 0 Å². The van der Waals surface area contributed by atoms with Crippen LogP contribution in [0.15, 0.2) is 69.9 Å². The maximum Gasteiger partial charge on any atom is 0.349 e. The molecule has 0 saturated carbocycles. The zero-order valence-corrected chi connectivity index (χ0v) is 20.7. The molecule has 1 amide bonds. The summed E-state index contributed by atoms with van der Waals surface area (Å²) in [6.45, 7) is 4.30. The van der Waals surface area contributed by atoms with Crippen molar-refractivity contribution in [3.63, 3.8) is 0 Å². The summed E-state index contributed by atoms with van der Waals surface area (Å²) in [7, 11) is 0.